The molecule has 5 nitrogen and oxygen atoms in total. The zero-order chi connectivity index (χ0) is 15.2. The van der Waals surface area contributed by atoms with Crippen LogP contribution in [-0.2, 0) is 6.42 Å². The van der Waals surface area contributed by atoms with Crippen LogP contribution in [0.1, 0.15) is 64.0 Å². The Morgan fingerprint density at radius 3 is 3.10 bits per heavy atom. The van der Waals surface area contributed by atoms with E-state index in [1.807, 2.05) is 11.0 Å². The Labute approximate surface area is 127 Å². The first kappa shape index (κ1) is 15.9. The number of carbonyl (C=O) groups is 1. The Morgan fingerprint density at radius 1 is 1.57 bits per heavy atom. The maximum atomic E-state index is 12.3. The van der Waals surface area contributed by atoms with E-state index in [-0.39, 0.29) is 12.1 Å². The van der Waals surface area contributed by atoms with Gasteiger partial charge in [0.25, 0.3) is 0 Å². The van der Waals surface area contributed by atoms with Gasteiger partial charge in [0.2, 0.25) is 0 Å². The van der Waals surface area contributed by atoms with Crippen molar-refractivity contribution >= 4 is 6.03 Å². The number of likely N-dealkylation sites (tertiary alicyclic amines) is 1. The molecule has 5 heteroatoms. The van der Waals surface area contributed by atoms with Gasteiger partial charge in [0.1, 0.15) is 11.5 Å². The molecule has 1 fully saturated rings. The predicted molar refractivity (Wildman–Crippen MR) is 82.0 cm³/mol. The Balaban J connectivity index is 1.93. The van der Waals surface area contributed by atoms with Crippen LogP contribution < -0.4 is 5.32 Å². The lowest BCUT2D eigenvalue weighted by Crippen LogP contribution is -2.40. The van der Waals surface area contributed by atoms with Crippen molar-refractivity contribution in [2.24, 2.45) is 5.92 Å². The van der Waals surface area contributed by atoms with Crippen molar-refractivity contribution in [3.05, 3.63) is 17.5 Å². The maximum Gasteiger partial charge on any atom is 0.317 e. The van der Waals surface area contributed by atoms with Crippen LogP contribution in [-0.4, -0.2) is 29.2 Å². The highest BCUT2D eigenvalue weighted by Crippen LogP contribution is 2.31. The molecule has 2 amide bonds. The quantitative estimate of drug-likeness (QED) is 0.873. The zero-order valence-electron chi connectivity index (χ0n) is 13.4. The molecule has 2 rings (SSSR count). The third kappa shape index (κ3) is 4.22. The Bertz CT molecular complexity index is 456. The standard InChI is InChI=1S/C16H27N3O2/c1-4-6-13-11-14(18-21-13)15-7-5-10-19(15)16(20)17-9-8-12(2)3/h11-12,15H,4-10H2,1-3H3,(H,17,20)/t15-/m0/s1. The smallest absolute Gasteiger partial charge is 0.317 e. The largest absolute Gasteiger partial charge is 0.361 e. The summed E-state index contributed by atoms with van der Waals surface area (Å²) in [5, 5.41) is 7.18. The molecule has 0 unspecified atom stereocenters. The fourth-order valence-corrected chi connectivity index (χ4v) is 2.74. The van der Waals surface area contributed by atoms with Crippen LogP contribution in [0.5, 0.6) is 0 Å². The normalized spacial score (nSPS) is 18.5. The molecule has 0 bridgehead atoms. The van der Waals surface area contributed by atoms with Gasteiger partial charge in [-0.1, -0.05) is 25.9 Å². The zero-order valence-corrected chi connectivity index (χ0v) is 13.4. The van der Waals surface area contributed by atoms with E-state index in [2.05, 4.69) is 31.2 Å². The van der Waals surface area contributed by atoms with Gasteiger partial charge in [-0.25, -0.2) is 4.79 Å². The van der Waals surface area contributed by atoms with Gasteiger partial charge in [0.15, 0.2) is 0 Å². The van der Waals surface area contributed by atoms with E-state index in [9.17, 15) is 4.79 Å². The van der Waals surface area contributed by atoms with E-state index >= 15 is 0 Å². The fraction of sp³-hybridized carbons (Fsp3) is 0.750. The molecule has 1 atom stereocenters. The molecular weight excluding hydrogens is 266 g/mol. The molecule has 2 heterocycles. The number of aryl methyl sites for hydroxylation is 1. The molecule has 1 aliphatic heterocycles. The lowest BCUT2D eigenvalue weighted by atomic mass is 10.1. The van der Waals surface area contributed by atoms with Crippen molar-refractivity contribution in [1.82, 2.24) is 15.4 Å². The minimum Gasteiger partial charge on any atom is -0.361 e. The molecule has 0 aromatic carbocycles. The van der Waals surface area contributed by atoms with Crippen LogP contribution in [0.15, 0.2) is 10.6 Å². The fourth-order valence-electron chi connectivity index (χ4n) is 2.74. The molecule has 1 N–H and O–H groups in total. The van der Waals surface area contributed by atoms with Crippen molar-refractivity contribution in [3.63, 3.8) is 0 Å². The van der Waals surface area contributed by atoms with E-state index < -0.39 is 0 Å². The minimum absolute atomic E-state index is 0.0261. The van der Waals surface area contributed by atoms with Gasteiger partial charge in [-0.05, 0) is 31.6 Å². The summed E-state index contributed by atoms with van der Waals surface area (Å²) in [5.41, 5.74) is 0.898. The van der Waals surface area contributed by atoms with Crippen LogP contribution in [0.3, 0.4) is 0 Å². The number of nitrogens with zero attached hydrogens (tertiary/aromatic N) is 2. The number of aromatic nitrogens is 1. The Hall–Kier alpha value is -1.52. The lowest BCUT2D eigenvalue weighted by Gasteiger charge is -2.23. The van der Waals surface area contributed by atoms with Crippen LogP contribution in [0.4, 0.5) is 4.79 Å². The summed E-state index contributed by atoms with van der Waals surface area (Å²) in [6, 6.07) is 2.10. The van der Waals surface area contributed by atoms with E-state index in [1.165, 1.54) is 0 Å². The van der Waals surface area contributed by atoms with Crippen LogP contribution in [0.2, 0.25) is 0 Å². The molecule has 118 valence electrons. The number of rotatable bonds is 6. The SMILES string of the molecule is CCCc1cc([C@@H]2CCCN2C(=O)NCCC(C)C)no1. The van der Waals surface area contributed by atoms with Crippen molar-refractivity contribution in [3.8, 4) is 0 Å². The summed E-state index contributed by atoms with van der Waals surface area (Å²) in [6.07, 6.45) is 4.95. The molecule has 1 aromatic heterocycles. The molecule has 1 aliphatic rings. The lowest BCUT2D eigenvalue weighted by molar-refractivity contribution is 0.190. The number of amides is 2. The monoisotopic (exact) mass is 293 g/mol. The first-order chi connectivity index (χ1) is 10.1. The van der Waals surface area contributed by atoms with E-state index in [0.717, 1.165) is 56.6 Å². The summed E-state index contributed by atoms with van der Waals surface area (Å²) >= 11 is 0. The second-order valence-electron chi connectivity index (χ2n) is 6.23. The molecule has 21 heavy (non-hydrogen) atoms. The molecule has 0 radical (unpaired) electrons. The molecule has 1 aromatic rings. The number of hydrogen-bond donors (Lipinski definition) is 1. The van der Waals surface area contributed by atoms with E-state index in [4.69, 9.17) is 4.52 Å². The van der Waals surface area contributed by atoms with Gasteiger partial charge < -0.3 is 14.7 Å². The molecule has 0 saturated carbocycles. The first-order valence-corrected chi connectivity index (χ1v) is 8.11. The average molecular weight is 293 g/mol. The van der Waals surface area contributed by atoms with E-state index in [0.29, 0.717) is 5.92 Å². The summed E-state index contributed by atoms with van der Waals surface area (Å²) in [5.74, 6) is 1.52. The number of nitrogens with one attached hydrogen (secondary N) is 1. The second-order valence-corrected chi connectivity index (χ2v) is 6.23. The predicted octanol–water partition coefficient (Wildman–Crippen LogP) is 3.52. The molecule has 1 saturated heterocycles. The Kier molecular flexibility index (Phi) is 5.65. The highest BCUT2D eigenvalue weighted by Gasteiger charge is 2.32. The van der Waals surface area contributed by atoms with Gasteiger partial charge in [-0.15, -0.1) is 0 Å². The third-order valence-corrected chi connectivity index (χ3v) is 3.93. The summed E-state index contributed by atoms with van der Waals surface area (Å²) < 4.78 is 5.35. The molecule has 0 aliphatic carbocycles. The minimum atomic E-state index is 0.0261. The van der Waals surface area contributed by atoms with Gasteiger partial charge in [-0.2, -0.15) is 0 Å². The second kappa shape index (κ2) is 7.48. The first-order valence-electron chi connectivity index (χ1n) is 8.11. The van der Waals surface area contributed by atoms with Crippen LogP contribution in [0, 0.1) is 5.92 Å². The van der Waals surface area contributed by atoms with Gasteiger partial charge in [0.05, 0.1) is 6.04 Å². The van der Waals surface area contributed by atoms with Crippen LogP contribution in [0.25, 0.3) is 0 Å². The van der Waals surface area contributed by atoms with E-state index in [1.54, 1.807) is 0 Å². The topological polar surface area (TPSA) is 58.4 Å². The average Bonchev–Trinajstić information content (AvgIpc) is 3.06. The summed E-state index contributed by atoms with van der Waals surface area (Å²) in [4.78, 5) is 14.2. The van der Waals surface area contributed by atoms with Gasteiger partial charge >= 0.3 is 6.03 Å². The summed E-state index contributed by atoms with van der Waals surface area (Å²) in [7, 11) is 0. The third-order valence-electron chi connectivity index (χ3n) is 3.93. The summed E-state index contributed by atoms with van der Waals surface area (Å²) in [6.45, 7) is 7.98. The van der Waals surface area contributed by atoms with Gasteiger partial charge in [0, 0.05) is 25.6 Å². The molecule has 0 spiro atoms. The van der Waals surface area contributed by atoms with Gasteiger partial charge in [-0.3, -0.25) is 0 Å². The van der Waals surface area contributed by atoms with Crippen molar-refractivity contribution in [1.29, 1.82) is 0 Å². The number of urea groups is 1. The number of hydrogen-bond acceptors (Lipinski definition) is 3. The highest BCUT2D eigenvalue weighted by molar-refractivity contribution is 5.75. The van der Waals surface area contributed by atoms with Crippen molar-refractivity contribution in [2.75, 3.05) is 13.1 Å². The van der Waals surface area contributed by atoms with Crippen molar-refractivity contribution < 1.29 is 9.32 Å². The Morgan fingerprint density at radius 2 is 2.38 bits per heavy atom. The van der Waals surface area contributed by atoms with Crippen molar-refractivity contribution in [2.45, 2.75) is 58.9 Å². The maximum absolute atomic E-state index is 12.3. The van der Waals surface area contributed by atoms with Crippen LogP contribution >= 0.6 is 0 Å². The number of carbonyl (C=O) groups excluding carboxylic acids is 1. The molecular formula is C16H27N3O2. The highest BCUT2D eigenvalue weighted by atomic mass is 16.5.